The van der Waals surface area contributed by atoms with Crippen molar-refractivity contribution in [1.82, 2.24) is 10.6 Å². The number of ether oxygens (including phenoxy) is 3. The number of hydrogen-bond donors (Lipinski definition) is 2. The third kappa shape index (κ3) is 15.4. The molecule has 0 atom stereocenters. The Balaban J connectivity index is 2.53. The number of hydrogen-bond acceptors (Lipinski definition) is 5. The van der Waals surface area contributed by atoms with Crippen LogP contribution in [0.4, 0.5) is 9.59 Å². The normalized spacial score (nSPS) is 13.1. The second-order valence-electron chi connectivity index (χ2n) is 14.4. The Morgan fingerprint density at radius 3 is 1.70 bits per heavy atom. The Kier molecular flexibility index (Phi) is 10.9. The molecule has 0 aliphatic heterocycles. The smallest absolute Gasteiger partial charge is 0.408 e. The largest absolute Gasteiger partial charge is 0.493 e. The first kappa shape index (κ1) is 32.6. The van der Waals surface area contributed by atoms with Crippen molar-refractivity contribution in [3.8, 4) is 5.75 Å². The van der Waals surface area contributed by atoms with E-state index < -0.39 is 11.7 Å². The van der Waals surface area contributed by atoms with E-state index in [1.165, 1.54) is 0 Å². The van der Waals surface area contributed by atoms with Crippen LogP contribution in [0.15, 0.2) is 24.3 Å². The molecule has 37 heavy (non-hydrogen) atoms. The highest BCUT2D eigenvalue weighted by Crippen LogP contribution is 2.38. The van der Waals surface area contributed by atoms with Gasteiger partial charge in [0.15, 0.2) is 0 Å². The summed E-state index contributed by atoms with van der Waals surface area (Å²) < 4.78 is 17.1. The summed E-state index contributed by atoms with van der Waals surface area (Å²) in [6, 6.07) is 7.63. The number of amides is 2. The van der Waals surface area contributed by atoms with Gasteiger partial charge in [-0.3, -0.25) is 0 Å². The summed E-state index contributed by atoms with van der Waals surface area (Å²) in [6.07, 6.45) is 1.89. The lowest BCUT2D eigenvalue weighted by molar-refractivity contribution is -0.00114. The molecular formula is C30H52N2O5. The van der Waals surface area contributed by atoms with Crippen molar-refractivity contribution in [3.05, 3.63) is 29.8 Å². The molecule has 7 nitrogen and oxygen atoms in total. The zero-order chi connectivity index (χ0) is 28.7. The van der Waals surface area contributed by atoms with E-state index in [2.05, 4.69) is 38.3 Å². The average molecular weight is 521 g/mol. The molecule has 1 rings (SSSR count). The fourth-order valence-electron chi connectivity index (χ4n) is 4.06. The molecular weight excluding hydrogens is 468 g/mol. The third-order valence-corrected chi connectivity index (χ3v) is 5.63. The fourth-order valence-corrected chi connectivity index (χ4v) is 4.06. The molecule has 7 heteroatoms. The van der Waals surface area contributed by atoms with Crippen LogP contribution in [0.2, 0.25) is 0 Å². The molecule has 0 spiro atoms. The Hall–Kier alpha value is -2.44. The van der Waals surface area contributed by atoms with Gasteiger partial charge < -0.3 is 24.8 Å². The van der Waals surface area contributed by atoms with Gasteiger partial charge in [-0.2, -0.15) is 0 Å². The molecule has 0 aromatic heterocycles. The van der Waals surface area contributed by atoms with Gasteiger partial charge in [-0.15, -0.1) is 0 Å². The summed E-state index contributed by atoms with van der Waals surface area (Å²) >= 11 is 0. The van der Waals surface area contributed by atoms with Crippen LogP contribution in [0.25, 0.3) is 0 Å². The lowest BCUT2D eigenvalue weighted by Gasteiger charge is -2.37. The molecule has 0 aliphatic rings. The first-order valence-electron chi connectivity index (χ1n) is 13.2. The van der Waals surface area contributed by atoms with Crippen molar-refractivity contribution in [2.45, 2.75) is 126 Å². The molecule has 0 saturated carbocycles. The monoisotopic (exact) mass is 520 g/mol. The van der Waals surface area contributed by atoms with Crippen molar-refractivity contribution in [2.24, 2.45) is 10.8 Å². The molecule has 1 aromatic carbocycles. The van der Waals surface area contributed by atoms with Crippen LogP contribution in [0, 0.1) is 10.8 Å². The minimum atomic E-state index is -0.571. The molecule has 2 N–H and O–H groups in total. The van der Waals surface area contributed by atoms with E-state index in [1.54, 1.807) is 0 Å². The molecule has 0 heterocycles. The molecule has 0 aliphatic carbocycles. The van der Waals surface area contributed by atoms with Gasteiger partial charge in [0, 0.05) is 11.1 Å². The van der Waals surface area contributed by atoms with Crippen LogP contribution in [0.3, 0.4) is 0 Å². The first-order valence-corrected chi connectivity index (χ1v) is 13.2. The standard InChI is InChI=1S/C30H52N2O5/c1-26(2,3)31-24(33)35-19-22-13-15-23(16-14-22)36-21-29(9,10)18-17-28(7,8)20-30(11,12)37-25(34)32-27(4,5)6/h13-16H,17-21H2,1-12H3,(H,31,33)(H,32,34). The summed E-state index contributed by atoms with van der Waals surface area (Å²) in [7, 11) is 0. The van der Waals surface area contributed by atoms with Crippen molar-refractivity contribution in [2.75, 3.05) is 6.61 Å². The first-order chi connectivity index (χ1) is 16.6. The molecule has 1 aromatic rings. The van der Waals surface area contributed by atoms with E-state index in [0.717, 1.165) is 30.6 Å². The van der Waals surface area contributed by atoms with Crippen LogP contribution in [-0.4, -0.2) is 35.5 Å². The van der Waals surface area contributed by atoms with Crippen LogP contribution in [0.1, 0.15) is 108 Å². The summed E-state index contributed by atoms with van der Waals surface area (Å²) in [6.45, 7) is 25.1. The highest BCUT2D eigenvalue weighted by atomic mass is 16.6. The molecule has 212 valence electrons. The number of rotatable bonds is 11. The van der Waals surface area contributed by atoms with Crippen molar-refractivity contribution < 1.29 is 23.8 Å². The van der Waals surface area contributed by atoms with Crippen LogP contribution < -0.4 is 15.4 Å². The topological polar surface area (TPSA) is 85.9 Å². The predicted octanol–water partition coefficient (Wildman–Crippen LogP) is 7.62. The summed E-state index contributed by atoms with van der Waals surface area (Å²) in [4.78, 5) is 24.1. The van der Waals surface area contributed by atoms with Gasteiger partial charge >= 0.3 is 12.2 Å². The Morgan fingerprint density at radius 2 is 1.19 bits per heavy atom. The number of carbonyl (C=O) groups excluding carboxylic acids is 2. The predicted molar refractivity (Wildman–Crippen MR) is 150 cm³/mol. The zero-order valence-electron chi connectivity index (χ0n) is 25.4. The number of benzene rings is 1. The molecule has 0 bridgehead atoms. The highest BCUT2D eigenvalue weighted by Gasteiger charge is 2.34. The van der Waals surface area contributed by atoms with Gasteiger partial charge in [0.2, 0.25) is 0 Å². The lowest BCUT2D eigenvalue weighted by Crippen LogP contribution is -2.45. The summed E-state index contributed by atoms with van der Waals surface area (Å²) in [5.74, 6) is 0.787. The minimum Gasteiger partial charge on any atom is -0.493 e. The molecule has 0 radical (unpaired) electrons. The molecule has 0 unspecified atom stereocenters. The SMILES string of the molecule is CC(C)(CCC(C)(C)CC(C)(C)OC(=O)NC(C)(C)C)COc1ccc(COC(=O)NC(C)(C)C)cc1. The van der Waals surface area contributed by atoms with Crippen molar-refractivity contribution in [1.29, 1.82) is 0 Å². The van der Waals surface area contributed by atoms with E-state index in [9.17, 15) is 9.59 Å². The number of nitrogens with one attached hydrogen (secondary N) is 2. The van der Waals surface area contributed by atoms with E-state index in [1.807, 2.05) is 79.7 Å². The maximum Gasteiger partial charge on any atom is 0.408 e. The molecule has 0 saturated heterocycles. The number of alkyl carbamates (subject to hydrolysis) is 2. The van der Waals surface area contributed by atoms with Crippen molar-refractivity contribution in [3.63, 3.8) is 0 Å². The Morgan fingerprint density at radius 1 is 0.703 bits per heavy atom. The minimum absolute atomic E-state index is 0.0102. The molecule has 2 amide bonds. The van der Waals surface area contributed by atoms with E-state index >= 15 is 0 Å². The highest BCUT2D eigenvalue weighted by molar-refractivity contribution is 5.68. The van der Waals surface area contributed by atoms with Crippen LogP contribution in [0.5, 0.6) is 5.75 Å². The van der Waals surface area contributed by atoms with Crippen molar-refractivity contribution >= 4 is 12.2 Å². The summed E-state index contributed by atoms with van der Waals surface area (Å²) in [5, 5.41) is 5.65. The van der Waals surface area contributed by atoms with Gasteiger partial charge in [0.1, 0.15) is 18.0 Å². The van der Waals surface area contributed by atoms with Crippen LogP contribution >= 0.6 is 0 Å². The van der Waals surface area contributed by atoms with Gasteiger partial charge in [-0.25, -0.2) is 9.59 Å². The third-order valence-electron chi connectivity index (χ3n) is 5.63. The van der Waals surface area contributed by atoms with Gasteiger partial charge in [0.25, 0.3) is 0 Å². The maximum atomic E-state index is 12.3. The average Bonchev–Trinajstić information content (AvgIpc) is 2.66. The van der Waals surface area contributed by atoms with Gasteiger partial charge in [-0.05, 0) is 103 Å². The fraction of sp³-hybridized carbons (Fsp3) is 0.733. The Bertz CT molecular complexity index is 875. The van der Waals surface area contributed by atoms with Gasteiger partial charge in [-0.1, -0.05) is 39.8 Å². The van der Waals surface area contributed by atoms with Gasteiger partial charge in [0.05, 0.1) is 6.61 Å². The quantitative estimate of drug-likeness (QED) is 0.313. The maximum absolute atomic E-state index is 12.3. The number of carbonyl (C=O) groups is 2. The zero-order valence-corrected chi connectivity index (χ0v) is 25.4. The Labute approximate surface area is 225 Å². The second kappa shape index (κ2) is 12.4. The molecule has 0 fully saturated rings. The second-order valence-corrected chi connectivity index (χ2v) is 14.4. The van der Waals surface area contributed by atoms with E-state index in [4.69, 9.17) is 14.2 Å². The van der Waals surface area contributed by atoms with E-state index in [-0.39, 0.29) is 34.6 Å². The summed E-state index contributed by atoms with van der Waals surface area (Å²) in [5.41, 5.74) is -0.369. The van der Waals surface area contributed by atoms with E-state index in [0.29, 0.717) is 6.61 Å². The van der Waals surface area contributed by atoms with Crippen LogP contribution in [-0.2, 0) is 16.1 Å². The lowest BCUT2D eigenvalue weighted by atomic mass is 9.74.